The van der Waals surface area contributed by atoms with Gasteiger partial charge in [-0.1, -0.05) is 391 Å². The Morgan fingerprint density at radius 2 is 0.582 bits per heavy atom. The summed E-state index contributed by atoms with van der Waals surface area (Å²) in [5.74, 6) is -0.281. The van der Waals surface area contributed by atoms with E-state index < -0.39 is 124 Å². The van der Waals surface area contributed by atoms with Gasteiger partial charge in [0.15, 0.2) is 18.9 Å². The zero-order chi connectivity index (χ0) is 79.5. The molecule has 3 fully saturated rings. The Kier molecular flexibility index (Phi) is 66.1. The van der Waals surface area contributed by atoms with Crippen molar-refractivity contribution in [3.05, 3.63) is 36.5 Å². The first-order chi connectivity index (χ1) is 53.8. The van der Waals surface area contributed by atoms with Gasteiger partial charge in [0.05, 0.1) is 38.6 Å². The largest absolute Gasteiger partial charge is 0.394 e. The number of rotatable bonds is 76. The maximum Gasteiger partial charge on any atom is 0.220 e. The average Bonchev–Trinajstić information content (AvgIpc) is 0.779. The first-order valence-electron chi connectivity index (χ1n) is 46.2. The summed E-state index contributed by atoms with van der Waals surface area (Å²) in [5, 5.41) is 121. The number of unbranched alkanes of at least 4 members (excludes halogenated alkanes) is 56. The molecule has 110 heavy (non-hydrogen) atoms. The molecule has 3 aliphatic heterocycles. The number of nitrogens with one attached hydrogen (secondary N) is 1. The van der Waals surface area contributed by atoms with E-state index in [1.807, 2.05) is 6.08 Å². The Morgan fingerprint density at radius 3 is 0.909 bits per heavy atom. The number of carbonyl (C=O) groups excluding carboxylic acids is 1. The molecule has 3 rings (SSSR count). The predicted octanol–water partition coefficient (Wildman–Crippen LogP) is 17.8. The van der Waals surface area contributed by atoms with Crippen LogP contribution in [-0.2, 0) is 33.2 Å². The molecule has 0 aromatic carbocycles. The molecule has 19 heteroatoms. The highest BCUT2D eigenvalue weighted by molar-refractivity contribution is 5.76. The molecule has 17 atom stereocenters. The average molecular weight is 1570 g/mol. The Labute approximate surface area is 670 Å². The molecule has 0 spiro atoms. The maximum atomic E-state index is 13.5. The highest BCUT2D eigenvalue weighted by atomic mass is 16.8. The molecule has 17 unspecified atom stereocenters. The van der Waals surface area contributed by atoms with Crippen molar-refractivity contribution < 1.29 is 89.4 Å². The molecule has 3 heterocycles. The van der Waals surface area contributed by atoms with Gasteiger partial charge in [-0.25, -0.2) is 0 Å². The van der Waals surface area contributed by atoms with E-state index in [1.54, 1.807) is 6.08 Å². The van der Waals surface area contributed by atoms with E-state index in [1.165, 1.54) is 327 Å². The van der Waals surface area contributed by atoms with E-state index in [0.717, 1.165) is 44.9 Å². The van der Waals surface area contributed by atoms with Gasteiger partial charge in [0.1, 0.15) is 73.2 Å². The molecule has 648 valence electrons. The number of carbonyl (C=O) groups is 1. The molecule has 0 aromatic rings. The lowest BCUT2D eigenvalue weighted by Gasteiger charge is -2.48. The lowest BCUT2D eigenvalue weighted by molar-refractivity contribution is -0.379. The number of allylic oxidation sites excluding steroid dienone is 5. The van der Waals surface area contributed by atoms with E-state index >= 15 is 0 Å². The number of hydrogen-bond donors (Lipinski definition) is 12. The Morgan fingerprint density at radius 1 is 0.318 bits per heavy atom. The smallest absolute Gasteiger partial charge is 0.220 e. The van der Waals surface area contributed by atoms with Crippen molar-refractivity contribution in [1.82, 2.24) is 5.32 Å². The van der Waals surface area contributed by atoms with Crippen LogP contribution < -0.4 is 5.32 Å². The fourth-order valence-electron chi connectivity index (χ4n) is 15.8. The second kappa shape index (κ2) is 71.1. The Hall–Kier alpha value is -1.99. The van der Waals surface area contributed by atoms with Gasteiger partial charge in [0.25, 0.3) is 0 Å². The van der Waals surface area contributed by atoms with Crippen LogP contribution in [0.5, 0.6) is 0 Å². The second-order valence-electron chi connectivity index (χ2n) is 33.1. The van der Waals surface area contributed by atoms with Crippen LogP contribution in [0.3, 0.4) is 0 Å². The number of hydrogen-bond acceptors (Lipinski definition) is 18. The third-order valence-corrected chi connectivity index (χ3v) is 23.2. The normalized spacial score (nSPS) is 25.3. The van der Waals surface area contributed by atoms with Crippen LogP contribution in [-0.4, -0.2) is 193 Å². The number of aliphatic hydroxyl groups excluding tert-OH is 11. The zero-order valence-corrected chi connectivity index (χ0v) is 70.0. The minimum Gasteiger partial charge on any atom is -0.394 e. The lowest BCUT2D eigenvalue weighted by atomic mass is 9.96. The van der Waals surface area contributed by atoms with Crippen LogP contribution >= 0.6 is 0 Å². The highest BCUT2D eigenvalue weighted by Gasteiger charge is 2.54. The molecule has 0 saturated carbocycles. The Balaban J connectivity index is 1.31. The lowest BCUT2D eigenvalue weighted by Crippen LogP contribution is -2.66. The van der Waals surface area contributed by atoms with Crippen molar-refractivity contribution in [2.45, 2.75) is 510 Å². The molecule has 0 aromatic heterocycles. The number of amides is 1. The molecule has 1 amide bonds. The highest BCUT2D eigenvalue weighted by Crippen LogP contribution is 2.34. The van der Waals surface area contributed by atoms with Crippen molar-refractivity contribution in [2.24, 2.45) is 0 Å². The van der Waals surface area contributed by atoms with Crippen LogP contribution in [0.25, 0.3) is 0 Å². The predicted molar refractivity (Wildman–Crippen MR) is 443 cm³/mol. The third-order valence-electron chi connectivity index (χ3n) is 23.2. The topological polar surface area (TPSA) is 307 Å². The number of aliphatic hydroxyl groups is 11. The van der Waals surface area contributed by atoms with Crippen molar-refractivity contribution in [1.29, 1.82) is 0 Å². The zero-order valence-electron chi connectivity index (χ0n) is 70.0. The molecule has 3 saturated heterocycles. The molecule has 0 radical (unpaired) electrons. The standard InChI is InChI=1S/C91H171NO18/c1-3-5-7-9-11-13-15-17-19-21-23-25-27-29-31-32-33-34-35-36-37-38-39-40-41-42-43-45-47-49-51-53-55-57-59-61-63-65-67-69-79(97)92-74(75(96)68-66-64-62-60-58-56-54-52-50-48-46-44-30-28-26-24-22-20-18-16-14-12-10-8-6-4-2)73-105-89-85(103)82(100)87(77(71-94)107-89)110-91-86(104)83(101)88(78(72-95)108-91)109-90-84(102)81(99)80(98)76(70-93)106-90/h50,52,58,60,66,68,74-78,80-91,93-96,98-104H,3-49,51,53-57,59,61-65,67,69-73H2,1-2H3,(H,92,97)/b52-50+,60-58+,68-66+. The summed E-state index contributed by atoms with van der Waals surface area (Å²) >= 11 is 0. The van der Waals surface area contributed by atoms with Crippen LogP contribution in [0.2, 0.25) is 0 Å². The maximum absolute atomic E-state index is 13.5. The molecule has 19 nitrogen and oxygen atoms in total. The van der Waals surface area contributed by atoms with E-state index in [0.29, 0.717) is 12.8 Å². The van der Waals surface area contributed by atoms with Crippen molar-refractivity contribution >= 4 is 5.91 Å². The molecule has 0 bridgehead atoms. The van der Waals surface area contributed by atoms with Gasteiger partial charge < -0.3 is 89.9 Å². The molecule has 0 aliphatic carbocycles. The van der Waals surface area contributed by atoms with Gasteiger partial charge >= 0.3 is 0 Å². The Bertz CT molecular complexity index is 2120. The summed E-state index contributed by atoms with van der Waals surface area (Å²) in [6.07, 6.45) is 64.7. The minimum atomic E-state index is -1.98. The summed E-state index contributed by atoms with van der Waals surface area (Å²) in [7, 11) is 0. The summed E-state index contributed by atoms with van der Waals surface area (Å²) in [4.78, 5) is 13.5. The van der Waals surface area contributed by atoms with E-state index in [2.05, 4.69) is 43.5 Å². The minimum absolute atomic E-state index is 0.237. The molecule has 12 N–H and O–H groups in total. The molecular weight excluding hydrogens is 1390 g/mol. The quantitative estimate of drug-likeness (QED) is 0.0199. The van der Waals surface area contributed by atoms with Gasteiger partial charge in [0, 0.05) is 6.42 Å². The van der Waals surface area contributed by atoms with Gasteiger partial charge in [-0.15, -0.1) is 0 Å². The summed E-state index contributed by atoms with van der Waals surface area (Å²) in [6, 6.07) is -0.997. The van der Waals surface area contributed by atoms with Crippen molar-refractivity contribution in [3.8, 4) is 0 Å². The van der Waals surface area contributed by atoms with Gasteiger partial charge in [-0.3, -0.25) is 4.79 Å². The van der Waals surface area contributed by atoms with Gasteiger partial charge in [0.2, 0.25) is 5.91 Å². The SMILES string of the molecule is CCCCCCCCCCCCCCCCCC/C=C/CC/C=C/CC/C=C/C(O)C(COC1OC(CO)C(OC2OC(CO)C(OC3OC(CO)C(O)C(O)C3O)C(O)C2O)C(O)C1O)NC(=O)CCCCCCCCCCCCCCCCCCCCCCCCCCCCCCCCCCCCCCCCC. The molecular formula is C91H171NO18. The summed E-state index contributed by atoms with van der Waals surface area (Å²) < 4.78 is 34.5. The van der Waals surface area contributed by atoms with Gasteiger partial charge in [-0.2, -0.15) is 0 Å². The monoisotopic (exact) mass is 1570 g/mol. The first kappa shape index (κ1) is 102. The second-order valence-corrected chi connectivity index (χ2v) is 33.1. The first-order valence-corrected chi connectivity index (χ1v) is 46.2. The van der Waals surface area contributed by atoms with E-state index in [-0.39, 0.29) is 18.9 Å². The number of ether oxygens (including phenoxy) is 6. The van der Waals surface area contributed by atoms with E-state index in [4.69, 9.17) is 28.4 Å². The van der Waals surface area contributed by atoms with Crippen molar-refractivity contribution in [3.63, 3.8) is 0 Å². The summed E-state index contributed by atoms with van der Waals surface area (Å²) in [5.41, 5.74) is 0. The fourth-order valence-corrected chi connectivity index (χ4v) is 15.8. The van der Waals surface area contributed by atoms with E-state index in [9.17, 15) is 61.0 Å². The summed E-state index contributed by atoms with van der Waals surface area (Å²) in [6.45, 7) is 1.78. The molecule has 3 aliphatic rings. The van der Waals surface area contributed by atoms with Gasteiger partial charge in [-0.05, 0) is 44.9 Å². The fraction of sp³-hybridized carbons (Fsp3) is 0.923. The van der Waals surface area contributed by atoms with Crippen LogP contribution in [0.1, 0.15) is 406 Å². The van der Waals surface area contributed by atoms with Crippen molar-refractivity contribution in [2.75, 3.05) is 26.4 Å². The third kappa shape index (κ3) is 49.3. The van der Waals surface area contributed by atoms with Crippen LogP contribution in [0, 0.1) is 0 Å². The van der Waals surface area contributed by atoms with Crippen LogP contribution in [0.15, 0.2) is 36.5 Å². The van der Waals surface area contributed by atoms with Crippen LogP contribution in [0.4, 0.5) is 0 Å².